The van der Waals surface area contributed by atoms with Gasteiger partial charge < -0.3 is 15.1 Å². The van der Waals surface area contributed by atoms with E-state index in [4.69, 9.17) is 0 Å². The molecule has 0 spiro atoms. The lowest BCUT2D eigenvalue weighted by atomic mass is 9.70. The van der Waals surface area contributed by atoms with Crippen molar-refractivity contribution in [2.24, 2.45) is 0 Å². The number of urea groups is 1. The van der Waals surface area contributed by atoms with Crippen LogP contribution in [0.2, 0.25) is 0 Å². The Morgan fingerprint density at radius 3 is 2.29 bits per heavy atom. The second-order valence-electron chi connectivity index (χ2n) is 6.71. The second kappa shape index (κ2) is 6.26. The standard InChI is InChI=1S/C18H23N3O3/c1-13(22)18(14-6-4-3-5-7-14)8-10-21(11-9-18)16(23)15-12-20(2)17(24)19-15/h3-7,15H,8-12H2,1-2H3,(H,19,24). The lowest BCUT2D eigenvalue weighted by molar-refractivity contribution is -0.137. The van der Waals surface area contributed by atoms with E-state index < -0.39 is 11.5 Å². The molecular formula is C18H23N3O3. The Morgan fingerprint density at radius 1 is 1.17 bits per heavy atom. The molecule has 0 bridgehead atoms. The monoisotopic (exact) mass is 329 g/mol. The minimum Gasteiger partial charge on any atom is -0.341 e. The quantitative estimate of drug-likeness (QED) is 0.905. The number of hydrogen-bond acceptors (Lipinski definition) is 3. The number of carbonyl (C=O) groups excluding carboxylic acids is 3. The summed E-state index contributed by atoms with van der Waals surface area (Å²) in [6, 6.07) is 9.12. The lowest BCUT2D eigenvalue weighted by Gasteiger charge is -2.41. The number of amides is 3. The highest BCUT2D eigenvalue weighted by atomic mass is 16.2. The smallest absolute Gasteiger partial charge is 0.317 e. The van der Waals surface area contributed by atoms with Gasteiger partial charge in [0, 0.05) is 20.1 Å². The normalized spacial score (nSPS) is 23.1. The molecule has 2 saturated heterocycles. The molecule has 24 heavy (non-hydrogen) atoms. The van der Waals surface area contributed by atoms with Crippen molar-refractivity contribution in [3.8, 4) is 0 Å². The molecule has 128 valence electrons. The maximum absolute atomic E-state index is 12.6. The number of nitrogens with one attached hydrogen (secondary N) is 1. The third-order valence-electron chi connectivity index (χ3n) is 5.33. The van der Waals surface area contributed by atoms with Gasteiger partial charge in [0.2, 0.25) is 5.91 Å². The predicted molar refractivity (Wildman–Crippen MR) is 89.6 cm³/mol. The maximum atomic E-state index is 12.6. The first-order valence-corrected chi connectivity index (χ1v) is 8.31. The van der Waals surface area contributed by atoms with Gasteiger partial charge in [0.05, 0.1) is 12.0 Å². The molecule has 2 heterocycles. The fourth-order valence-corrected chi connectivity index (χ4v) is 3.73. The van der Waals surface area contributed by atoms with Crippen LogP contribution in [-0.4, -0.2) is 60.2 Å². The number of hydrogen-bond donors (Lipinski definition) is 1. The van der Waals surface area contributed by atoms with Gasteiger partial charge in [-0.3, -0.25) is 9.59 Å². The zero-order chi connectivity index (χ0) is 17.3. The molecule has 3 amide bonds. The molecule has 6 nitrogen and oxygen atoms in total. The zero-order valence-corrected chi connectivity index (χ0v) is 14.1. The lowest BCUT2D eigenvalue weighted by Crippen LogP contribution is -2.53. The summed E-state index contributed by atoms with van der Waals surface area (Å²) in [5.41, 5.74) is 0.520. The first-order valence-electron chi connectivity index (χ1n) is 8.31. The minimum atomic E-state index is -0.506. The van der Waals surface area contributed by atoms with Gasteiger partial charge >= 0.3 is 6.03 Å². The number of piperidine rings is 1. The van der Waals surface area contributed by atoms with Crippen molar-refractivity contribution < 1.29 is 14.4 Å². The third kappa shape index (κ3) is 2.77. The van der Waals surface area contributed by atoms with Crippen LogP contribution in [0.5, 0.6) is 0 Å². The van der Waals surface area contributed by atoms with Crippen LogP contribution in [0.25, 0.3) is 0 Å². The molecule has 6 heteroatoms. The molecule has 3 rings (SSSR count). The van der Waals surface area contributed by atoms with Crippen LogP contribution in [0, 0.1) is 0 Å². The molecule has 2 aliphatic heterocycles. The van der Waals surface area contributed by atoms with Crippen LogP contribution in [0.1, 0.15) is 25.3 Å². The van der Waals surface area contributed by atoms with Crippen LogP contribution >= 0.6 is 0 Å². The number of ketones is 1. The maximum Gasteiger partial charge on any atom is 0.317 e. The van der Waals surface area contributed by atoms with Crippen molar-refractivity contribution in [3.05, 3.63) is 35.9 Å². The number of carbonyl (C=O) groups is 3. The molecule has 0 radical (unpaired) electrons. The average molecular weight is 329 g/mol. The van der Waals surface area contributed by atoms with Crippen molar-refractivity contribution >= 4 is 17.7 Å². The van der Waals surface area contributed by atoms with Crippen molar-refractivity contribution in [1.82, 2.24) is 15.1 Å². The van der Waals surface area contributed by atoms with Gasteiger partial charge in [0.15, 0.2) is 0 Å². The van der Waals surface area contributed by atoms with Crippen molar-refractivity contribution in [2.75, 3.05) is 26.7 Å². The summed E-state index contributed by atoms with van der Waals surface area (Å²) in [5.74, 6) is 0.0904. The molecule has 1 atom stereocenters. The van der Waals surface area contributed by atoms with Gasteiger partial charge in [0.25, 0.3) is 0 Å². The van der Waals surface area contributed by atoms with Crippen LogP contribution < -0.4 is 5.32 Å². The van der Waals surface area contributed by atoms with Crippen molar-refractivity contribution in [3.63, 3.8) is 0 Å². The summed E-state index contributed by atoms with van der Waals surface area (Å²) in [5, 5.41) is 2.70. The van der Waals surface area contributed by atoms with E-state index in [0.29, 0.717) is 32.5 Å². The van der Waals surface area contributed by atoms with Gasteiger partial charge in [-0.05, 0) is 25.3 Å². The topological polar surface area (TPSA) is 69.7 Å². The summed E-state index contributed by atoms with van der Waals surface area (Å²) >= 11 is 0. The van der Waals surface area contributed by atoms with E-state index in [0.717, 1.165) is 5.56 Å². The summed E-state index contributed by atoms with van der Waals surface area (Å²) < 4.78 is 0. The molecule has 0 aliphatic carbocycles. The zero-order valence-electron chi connectivity index (χ0n) is 14.1. The van der Waals surface area contributed by atoms with Crippen LogP contribution in [-0.2, 0) is 15.0 Å². The molecule has 1 aromatic carbocycles. The highest BCUT2D eigenvalue weighted by Crippen LogP contribution is 2.36. The third-order valence-corrected chi connectivity index (χ3v) is 5.33. The minimum absolute atomic E-state index is 0.0575. The Bertz CT molecular complexity index is 651. The molecule has 1 N–H and O–H groups in total. The van der Waals surface area contributed by atoms with E-state index in [-0.39, 0.29) is 17.7 Å². The summed E-state index contributed by atoms with van der Waals surface area (Å²) in [6.07, 6.45) is 1.24. The highest BCUT2D eigenvalue weighted by Gasteiger charge is 2.43. The Labute approximate surface area is 141 Å². The molecular weight excluding hydrogens is 306 g/mol. The second-order valence-corrected chi connectivity index (χ2v) is 6.71. The molecule has 1 unspecified atom stereocenters. The first kappa shape index (κ1) is 16.5. The summed E-state index contributed by atoms with van der Waals surface area (Å²) in [4.78, 5) is 39.8. The number of benzene rings is 1. The van der Waals surface area contributed by atoms with Crippen LogP contribution in [0.4, 0.5) is 4.79 Å². The Balaban J connectivity index is 1.71. The van der Waals surface area contributed by atoms with Crippen molar-refractivity contribution in [1.29, 1.82) is 0 Å². The highest BCUT2D eigenvalue weighted by molar-refractivity contribution is 5.91. The van der Waals surface area contributed by atoms with Crippen LogP contribution in [0.3, 0.4) is 0 Å². The van der Waals surface area contributed by atoms with E-state index in [1.54, 1.807) is 18.9 Å². The summed E-state index contributed by atoms with van der Waals surface area (Å²) in [7, 11) is 1.68. The Kier molecular flexibility index (Phi) is 4.30. The van der Waals surface area contributed by atoms with E-state index in [2.05, 4.69) is 5.32 Å². The summed E-state index contributed by atoms with van der Waals surface area (Å²) in [6.45, 7) is 3.09. The van der Waals surface area contributed by atoms with E-state index in [9.17, 15) is 14.4 Å². The number of Topliss-reactive ketones (excluding diaryl/α,β-unsaturated/α-hetero) is 1. The number of likely N-dealkylation sites (tertiary alicyclic amines) is 1. The Hall–Kier alpha value is -2.37. The van der Waals surface area contributed by atoms with Crippen molar-refractivity contribution in [2.45, 2.75) is 31.2 Å². The number of nitrogens with zero attached hydrogens (tertiary/aromatic N) is 2. The molecule has 2 fully saturated rings. The molecule has 1 aromatic rings. The van der Waals surface area contributed by atoms with Gasteiger partial charge in [-0.15, -0.1) is 0 Å². The molecule has 0 saturated carbocycles. The molecule has 0 aromatic heterocycles. The van der Waals surface area contributed by atoms with Gasteiger partial charge in [-0.1, -0.05) is 30.3 Å². The largest absolute Gasteiger partial charge is 0.341 e. The SMILES string of the molecule is CC(=O)C1(c2ccccc2)CCN(C(=O)C2CN(C)C(=O)N2)CC1. The first-order chi connectivity index (χ1) is 11.4. The number of rotatable bonds is 3. The Morgan fingerprint density at radius 2 is 1.79 bits per heavy atom. The fraction of sp³-hybridized carbons (Fsp3) is 0.500. The van der Waals surface area contributed by atoms with Gasteiger partial charge in [-0.25, -0.2) is 4.79 Å². The number of likely N-dealkylation sites (N-methyl/N-ethyl adjacent to an activating group) is 1. The molecule has 2 aliphatic rings. The van der Waals surface area contributed by atoms with E-state index in [1.807, 2.05) is 30.3 Å². The average Bonchev–Trinajstić information content (AvgIpc) is 2.94. The van der Waals surface area contributed by atoms with E-state index >= 15 is 0 Å². The van der Waals surface area contributed by atoms with E-state index in [1.165, 1.54) is 4.90 Å². The van der Waals surface area contributed by atoms with Crippen LogP contribution in [0.15, 0.2) is 30.3 Å². The van der Waals surface area contributed by atoms with Gasteiger partial charge in [0.1, 0.15) is 11.8 Å². The van der Waals surface area contributed by atoms with Gasteiger partial charge in [-0.2, -0.15) is 0 Å². The fourth-order valence-electron chi connectivity index (χ4n) is 3.73. The predicted octanol–water partition coefficient (Wildman–Crippen LogP) is 1.16.